The van der Waals surface area contributed by atoms with Crippen LogP contribution in [0.25, 0.3) is 0 Å². The van der Waals surface area contributed by atoms with Gasteiger partial charge >= 0.3 is 0 Å². The topological polar surface area (TPSA) is 20.3 Å². The van der Waals surface area contributed by atoms with Gasteiger partial charge in [0.15, 0.2) is 5.78 Å². The van der Waals surface area contributed by atoms with Crippen LogP contribution in [0.5, 0.6) is 0 Å². The van der Waals surface area contributed by atoms with Gasteiger partial charge in [0, 0.05) is 6.42 Å². The van der Waals surface area contributed by atoms with Crippen LogP contribution in [-0.2, 0) is 11.2 Å². The second kappa shape index (κ2) is 6.04. The molecular weight excluding hydrogens is 253 g/mol. The van der Waals surface area contributed by atoms with Gasteiger partial charge in [-0.3, -0.25) is 9.69 Å². The highest BCUT2D eigenvalue weighted by Gasteiger charge is 2.42. The third kappa shape index (κ3) is 2.93. The van der Waals surface area contributed by atoms with Crippen LogP contribution in [0.4, 0.5) is 4.39 Å². The first-order chi connectivity index (χ1) is 9.45. The van der Waals surface area contributed by atoms with Gasteiger partial charge in [-0.2, -0.15) is 0 Å². The van der Waals surface area contributed by atoms with E-state index in [0.29, 0.717) is 11.5 Å². The number of carbonyl (C=O) groups excluding carboxylic acids is 1. The number of likely N-dealkylation sites (N-methyl/N-ethyl adjacent to an activating group) is 1. The lowest BCUT2D eigenvalue weighted by Gasteiger charge is -2.43. The Balaban J connectivity index is 2.18. The Kier molecular flexibility index (Phi) is 4.59. The molecule has 1 fully saturated rings. The van der Waals surface area contributed by atoms with Gasteiger partial charge in [0.05, 0.1) is 5.54 Å². The maximum Gasteiger partial charge on any atom is 0.157 e. The van der Waals surface area contributed by atoms with E-state index in [1.54, 1.807) is 18.2 Å². The van der Waals surface area contributed by atoms with Gasteiger partial charge in [0.1, 0.15) is 5.82 Å². The van der Waals surface area contributed by atoms with Crippen molar-refractivity contribution in [2.24, 2.45) is 5.92 Å². The Bertz CT molecular complexity index is 476. The minimum Gasteiger partial charge on any atom is -0.297 e. The van der Waals surface area contributed by atoms with Crippen molar-refractivity contribution < 1.29 is 9.18 Å². The molecule has 0 amide bonds. The first-order valence-corrected chi connectivity index (χ1v) is 7.40. The minimum absolute atomic E-state index is 0.152. The van der Waals surface area contributed by atoms with Gasteiger partial charge in [0.25, 0.3) is 0 Å². The molecule has 1 aromatic carbocycles. The number of hydrogen-bond acceptors (Lipinski definition) is 2. The van der Waals surface area contributed by atoms with E-state index in [4.69, 9.17) is 0 Å². The normalized spacial score (nSPS) is 26.8. The minimum atomic E-state index is -0.408. The number of benzene rings is 1. The number of halogens is 1. The van der Waals surface area contributed by atoms with Crippen LogP contribution in [0, 0.1) is 11.7 Å². The van der Waals surface area contributed by atoms with Crippen molar-refractivity contribution >= 4 is 5.78 Å². The van der Waals surface area contributed by atoms with E-state index in [9.17, 15) is 9.18 Å². The van der Waals surface area contributed by atoms with Gasteiger partial charge in [0.2, 0.25) is 0 Å². The predicted molar refractivity (Wildman–Crippen MR) is 79.2 cm³/mol. The second-order valence-electron chi connectivity index (χ2n) is 6.30. The number of nitrogens with zero attached hydrogens (tertiary/aromatic N) is 1. The summed E-state index contributed by atoms with van der Waals surface area (Å²) in [5, 5.41) is 0. The monoisotopic (exact) mass is 277 g/mol. The molecule has 3 heteroatoms. The number of Topliss-reactive ketones (excluding diaryl/α,β-unsaturated/α-hetero) is 1. The summed E-state index contributed by atoms with van der Waals surface area (Å²) in [6, 6.07) is 6.58. The summed E-state index contributed by atoms with van der Waals surface area (Å²) in [7, 11) is 3.93. The van der Waals surface area contributed by atoms with Crippen LogP contribution in [0.15, 0.2) is 24.3 Å². The molecule has 0 N–H and O–H groups in total. The number of hydrogen-bond donors (Lipinski definition) is 0. The van der Waals surface area contributed by atoms with Crippen LogP contribution in [0.1, 0.15) is 38.2 Å². The molecular formula is C17H24FNO. The molecule has 2 rings (SSSR count). The molecule has 0 radical (unpaired) electrons. The molecule has 0 saturated heterocycles. The molecule has 0 atom stereocenters. The van der Waals surface area contributed by atoms with E-state index >= 15 is 0 Å². The van der Waals surface area contributed by atoms with Crippen molar-refractivity contribution in [1.82, 2.24) is 4.90 Å². The van der Waals surface area contributed by atoms with Crippen LogP contribution in [0.3, 0.4) is 0 Å². The summed E-state index contributed by atoms with van der Waals surface area (Å²) >= 11 is 0. The Morgan fingerprint density at radius 1 is 1.30 bits per heavy atom. The van der Waals surface area contributed by atoms with E-state index in [1.165, 1.54) is 6.07 Å². The standard InChI is InChI=1S/C17H24FNO/c1-13-8-10-17(11-9-13,19(2)3)16(20)12-14-6-4-5-7-15(14)18/h4-7,13H,8-12H2,1-3H3. The lowest BCUT2D eigenvalue weighted by atomic mass is 9.72. The van der Waals surface area contributed by atoms with Crippen LogP contribution < -0.4 is 0 Å². The van der Waals surface area contributed by atoms with Gasteiger partial charge < -0.3 is 0 Å². The zero-order valence-electron chi connectivity index (χ0n) is 12.7. The van der Waals surface area contributed by atoms with E-state index in [0.717, 1.165) is 25.7 Å². The lowest BCUT2D eigenvalue weighted by molar-refractivity contribution is -0.131. The fraction of sp³-hybridized carbons (Fsp3) is 0.588. The van der Waals surface area contributed by atoms with Crippen LogP contribution in [0.2, 0.25) is 0 Å². The van der Waals surface area contributed by atoms with Crippen molar-refractivity contribution in [3.05, 3.63) is 35.6 Å². The van der Waals surface area contributed by atoms with Crippen molar-refractivity contribution in [2.75, 3.05) is 14.1 Å². The zero-order valence-corrected chi connectivity index (χ0v) is 12.7. The average molecular weight is 277 g/mol. The highest BCUT2D eigenvalue weighted by Crippen LogP contribution is 2.36. The third-order valence-corrected chi connectivity index (χ3v) is 4.79. The molecule has 2 nitrogen and oxygen atoms in total. The number of rotatable bonds is 4. The summed E-state index contributed by atoms with van der Waals surface area (Å²) in [5.74, 6) is 0.558. The quantitative estimate of drug-likeness (QED) is 0.840. The largest absolute Gasteiger partial charge is 0.297 e. The first-order valence-electron chi connectivity index (χ1n) is 7.40. The molecule has 0 heterocycles. The fourth-order valence-corrected chi connectivity index (χ4v) is 3.19. The van der Waals surface area contributed by atoms with Crippen molar-refractivity contribution in [2.45, 2.75) is 44.6 Å². The van der Waals surface area contributed by atoms with E-state index in [1.807, 2.05) is 19.0 Å². The molecule has 1 saturated carbocycles. The van der Waals surface area contributed by atoms with Gasteiger partial charge in [-0.15, -0.1) is 0 Å². The van der Waals surface area contributed by atoms with Crippen LogP contribution >= 0.6 is 0 Å². The highest BCUT2D eigenvalue weighted by molar-refractivity contribution is 5.90. The maximum absolute atomic E-state index is 13.7. The average Bonchev–Trinajstić information content (AvgIpc) is 2.42. The van der Waals surface area contributed by atoms with Gasteiger partial charge in [-0.25, -0.2) is 4.39 Å². The van der Waals surface area contributed by atoms with Crippen LogP contribution in [-0.4, -0.2) is 30.3 Å². The van der Waals surface area contributed by atoms with E-state index in [2.05, 4.69) is 6.92 Å². The molecule has 1 aliphatic rings. The molecule has 0 aromatic heterocycles. The number of ketones is 1. The fourth-order valence-electron chi connectivity index (χ4n) is 3.19. The molecule has 0 unspecified atom stereocenters. The predicted octanol–water partition coefficient (Wildman–Crippen LogP) is 3.45. The Morgan fingerprint density at radius 2 is 1.90 bits per heavy atom. The van der Waals surface area contributed by atoms with E-state index in [-0.39, 0.29) is 18.0 Å². The smallest absolute Gasteiger partial charge is 0.157 e. The Morgan fingerprint density at radius 3 is 2.45 bits per heavy atom. The highest BCUT2D eigenvalue weighted by atomic mass is 19.1. The molecule has 0 spiro atoms. The maximum atomic E-state index is 13.7. The zero-order chi connectivity index (χ0) is 14.8. The molecule has 0 aliphatic heterocycles. The van der Waals surface area contributed by atoms with Gasteiger partial charge in [-0.05, 0) is 57.3 Å². The molecule has 20 heavy (non-hydrogen) atoms. The summed E-state index contributed by atoms with van der Waals surface area (Å²) in [4.78, 5) is 14.8. The molecule has 110 valence electrons. The van der Waals surface area contributed by atoms with E-state index < -0.39 is 5.54 Å². The second-order valence-corrected chi connectivity index (χ2v) is 6.30. The number of carbonyl (C=O) groups is 1. The molecule has 1 aliphatic carbocycles. The molecule has 0 bridgehead atoms. The summed E-state index contributed by atoms with van der Waals surface area (Å²) < 4.78 is 13.7. The van der Waals surface area contributed by atoms with Crippen molar-refractivity contribution in [1.29, 1.82) is 0 Å². The summed E-state index contributed by atoms with van der Waals surface area (Å²) in [6.07, 6.45) is 4.10. The lowest BCUT2D eigenvalue weighted by Crippen LogP contribution is -2.53. The molecule has 1 aromatic rings. The summed E-state index contributed by atoms with van der Waals surface area (Å²) in [6.45, 7) is 2.24. The SMILES string of the molecule is CC1CCC(C(=O)Cc2ccccc2F)(N(C)C)CC1. The first kappa shape index (κ1) is 15.2. The van der Waals surface area contributed by atoms with Crippen molar-refractivity contribution in [3.63, 3.8) is 0 Å². The third-order valence-electron chi connectivity index (χ3n) is 4.79. The van der Waals surface area contributed by atoms with Crippen molar-refractivity contribution in [3.8, 4) is 0 Å². The Labute approximate surface area is 121 Å². The Hall–Kier alpha value is -1.22. The summed E-state index contributed by atoms with van der Waals surface area (Å²) in [5.41, 5.74) is 0.103. The van der Waals surface area contributed by atoms with Gasteiger partial charge in [-0.1, -0.05) is 25.1 Å².